The van der Waals surface area contributed by atoms with Crippen LogP contribution in [0, 0.1) is 0 Å². The Morgan fingerprint density at radius 3 is 2.66 bits per heavy atom. The summed E-state index contributed by atoms with van der Waals surface area (Å²) in [5, 5.41) is 6.90. The molecule has 1 unspecified atom stereocenters. The van der Waals surface area contributed by atoms with E-state index in [2.05, 4.69) is 15.6 Å². The number of rotatable bonds is 5. The van der Waals surface area contributed by atoms with E-state index >= 15 is 0 Å². The summed E-state index contributed by atoms with van der Waals surface area (Å²) in [7, 11) is 1.35. The first-order chi connectivity index (χ1) is 13.9. The molecule has 1 aliphatic heterocycles. The van der Waals surface area contributed by atoms with Crippen molar-refractivity contribution in [3.63, 3.8) is 0 Å². The second-order valence-corrected chi connectivity index (χ2v) is 8.07. The highest BCUT2D eigenvalue weighted by molar-refractivity contribution is 8.15. The number of nitrogens with one attached hydrogen (secondary N) is 2. The fourth-order valence-corrected chi connectivity index (χ4v) is 3.60. The molecule has 0 aliphatic carbocycles. The zero-order chi connectivity index (χ0) is 20.8. The molecule has 1 heterocycles. The number of thioether (sulfide) groups is 1. The molecular weight excluding hydrogens is 410 g/mol. The number of ether oxygens (including phenoxy) is 1. The summed E-state index contributed by atoms with van der Waals surface area (Å²) in [4.78, 5) is 29.0. The third-order valence-corrected chi connectivity index (χ3v) is 5.34. The van der Waals surface area contributed by atoms with E-state index in [9.17, 15) is 9.59 Å². The van der Waals surface area contributed by atoms with Crippen LogP contribution in [0.1, 0.15) is 13.3 Å². The average molecular weight is 430 g/mol. The lowest BCUT2D eigenvalue weighted by Gasteiger charge is -2.12. The Labute approximate surface area is 178 Å². The van der Waals surface area contributed by atoms with Crippen molar-refractivity contribution in [1.82, 2.24) is 0 Å². The normalized spacial score (nSPS) is 13.8. The third-order valence-electron chi connectivity index (χ3n) is 4.07. The fourth-order valence-electron chi connectivity index (χ4n) is 2.58. The van der Waals surface area contributed by atoms with Gasteiger partial charge in [-0.3, -0.25) is 9.59 Å². The van der Waals surface area contributed by atoms with Gasteiger partial charge in [-0.1, -0.05) is 35.5 Å². The zero-order valence-electron chi connectivity index (χ0n) is 15.9. The van der Waals surface area contributed by atoms with Gasteiger partial charge in [-0.2, -0.15) is 0 Å². The Bertz CT molecular complexity index is 973. The van der Waals surface area contributed by atoms with Crippen LogP contribution in [0.25, 0.3) is 0 Å². The number of nitrogens with zero attached hydrogens (tertiary/aromatic N) is 1. The summed E-state index contributed by atoms with van der Waals surface area (Å²) in [6, 6.07) is 14.4. The smallest absolute Gasteiger partial charge is 0.311 e. The van der Waals surface area contributed by atoms with E-state index in [0.717, 1.165) is 11.4 Å². The van der Waals surface area contributed by atoms with Gasteiger partial charge in [0.05, 0.1) is 35.2 Å². The molecule has 1 amide bonds. The maximum absolute atomic E-state index is 12.6. The van der Waals surface area contributed by atoms with Crippen LogP contribution in [-0.2, 0) is 14.3 Å². The van der Waals surface area contributed by atoms with E-state index in [1.54, 1.807) is 37.3 Å². The maximum Gasteiger partial charge on any atom is 0.311 e. The van der Waals surface area contributed by atoms with Crippen molar-refractivity contribution in [1.29, 1.82) is 0 Å². The molecule has 0 radical (unpaired) electrons. The number of hydrogen-bond acceptors (Lipinski definition) is 6. The lowest BCUT2D eigenvalue weighted by molar-refractivity contribution is -0.139. The second-order valence-electron chi connectivity index (χ2n) is 6.27. The predicted molar refractivity (Wildman–Crippen MR) is 119 cm³/mol. The van der Waals surface area contributed by atoms with Crippen molar-refractivity contribution >= 4 is 57.3 Å². The van der Waals surface area contributed by atoms with Crippen LogP contribution in [0.5, 0.6) is 0 Å². The number of anilines is 2. The van der Waals surface area contributed by atoms with Gasteiger partial charge in [0.15, 0.2) is 0 Å². The van der Waals surface area contributed by atoms with E-state index in [4.69, 9.17) is 16.3 Å². The summed E-state index contributed by atoms with van der Waals surface area (Å²) >= 11 is 7.19. The van der Waals surface area contributed by atoms with E-state index in [0.29, 0.717) is 21.5 Å². The van der Waals surface area contributed by atoms with Crippen LogP contribution in [-0.4, -0.2) is 29.3 Å². The molecular formula is C21H20ClN3O3S. The molecule has 2 N–H and O–H groups in total. The van der Waals surface area contributed by atoms with Gasteiger partial charge < -0.3 is 15.4 Å². The number of benzene rings is 2. The van der Waals surface area contributed by atoms with Crippen LogP contribution < -0.4 is 10.6 Å². The maximum atomic E-state index is 12.6. The molecule has 1 atom stereocenters. The summed E-state index contributed by atoms with van der Waals surface area (Å²) < 4.78 is 4.77. The highest BCUT2D eigenvalue weighted by Gasteiger charge is 2.19. The number of methoxy groups -OCH3 is 1. The first kappa shape index (κ1) is 21.0. The minimum Gasteiger partial charge on any atom is -0.469 e. The van der Waals surface area contributed by atoms with Crippen LogP contribution >= 0.6 is 23.4 Å². The van der Waals surface area contributed by atoms with Gasteiger partial charge in [-0.25, -0.2) is 4.99 Å². The van der Waals surface area contributed by atoms with Crippen molar-refractivity contribution in [2.45, 2.75) is 18.6 Å². The molecule has 29 heavy (non-hydrogen) atoms. The highest BCUT2D eigenvalue weighted by atomic mass is 35.5. The average Bonchev–Trinajstić information content (AvgIpc) is 2.87. The number of esters is 1. The number of halogens is 1. The summed E-state index contributed by atoms with van der Waals surface area (Å²) in [6.07, 6.45) is 1.85. The van der Waals surface area contributed by atoms with Gasteiger partial charge in [0.2, 0.25) is 5.91 Å². The standard InChI is InChI=1S/C21H20ClN3O3S/c1-13(21(27)24-15-9-7-14(22)8-10-15)29-19-11-16(12-20(26)28-2)23-17-5-3-4-6-18(17)25-19/h3-11,13,23H,12H2,1-2H3,(H,24,27). The van der Waals surface area contributed by atoms with Crippen molar-refractivity contribution in [3.8, 4) is 0 Å². The van der Waals surface area contributed by atoms with Crippen molar-refractivity contribution in [3.05, 3.63) is 65.3 Å². The Balaban J connectivity index is 1.77. The molecule has 8 heteroatoms. The lowest BCUT2D eigenvalue weighted by Crippen LogP contribution is -2.23. The van der Waals surface area contributed by atoms with Gasteiger partial charge in [0, 0.05) is 16.4 Å². The highest BCUT2D eigenvalue weighted by Crippen LogP contribution is 2.32. The molecule has 2 aromatic carbocycles. The third kappa shape index (κ3) is 5.85. The van der Waals surface area contributed by atoms with Crippen LogP contribution in [0.4, 0.5) is 17.1 Å². The molecule has 3 rings (SSSR count). The number of amides is 1. The van der Waals surface area contributed by atoms with E-state index in [1.807, 2.05) is 24.3 Å². The topological polar surface area (TPSA) is 79.8 Å². The number of carbonyl (C=O) groups is 2. The Hall–Kier alpha value is -2.77. The largest absolute Gasteiger partial charge is 0.469 e. The lowest BCUT2D eigenvalue weighted by atomic mass is 10.2. The van der Waals surface area contributed by atoms with Crippen molar-refractivity contribution in [2.24, 2.45) is 4.99 Å². The Morgan fingerprint density at radius 2 is 1.93 bits per heavy atom. The molecule has 6 nitrogen and oxygen atoms in total. The van der Waals surface area contributed by atoms with Gasteiger partial charge in [0.25, 0.3) is 0 Å². The van der Waals surface area contributed by atoms with Gasteiger partial charge in [0.1, 0.15) is 0 Å². The predicted octanol–water partition coefficient (Wildman–Crippen LogP) is 5.00. The monoisotopic (exact) mass is 429 g/mol. The van der Waals surface area contributed by atoms with Crippen LogP contribution in [0.3, 0.4) is 0 Å². The van der Waals surface area contributed by atoms with Gasteiger partial charge in [-0.05, 0) is 49.4 Å². The zero-order valence-corrected chi connectivity index (χ0v) is 17.5. The van der Waals surface area contributed by atoms with E-state index in [1.165, 1.54) is 18.9 Å². The Morgan fingerprint density at radius 1 is 1.21 bits per heavy atom. The van der Waals surface area contributed by atoms with Crippen LogP contribution in [0.2, 0.25) is 5.02 Å². The van der Waals surface area contributed by atoms with Gasteiger partial charge in [-0.15, -0.1) is 0 Å². The molecule has 0 bridgehead atoms. The molecule has 0 aromatic heterocycles. The summed E-state index contributed by atoms with van der Waals surface area (Å²) in [5.41, 5.74) is 2.84. The Kier molecular flexibility index (Phi) is 6.95. The number of fused-ring (bicyclic) bond motifs is 1. The minimum atomic E-state index is -0.412. The fraction of sp³-hybridized carbons (Fsp3) is 0.190. The minimum absolute atomic E-state index is 0.0791. The van der Waals surface area contributed by atoms with E-state index < -0.39 is 5.25 Å². The van der Waals surface area contributed by atoms with E-state index in [-0.39, 0.29) is 18.3 Å². The quantitative estimate of drug-likeness (QED) is 0.653. The second kappa shape index (κ2) is 9.62. The molecule has 1 aliphatic rings. The summed E-state index contributed by atoms with van der Waals surface area (Å²) in [6.45, 7) is 1.80. The van der Waals surface area contributed by atoms with Crippen LogP contribution in [0.15, 0.2) is 65.3 Å². The van der Waals surface area contributed by atoms with Crippen molar-refractivity contribution < 1.29 is 14.3 Å². The first-order valence-corrected chi connectivity index (χ1v) is 10.2. The molecule has 0 saturated heterocycles. The number of aliphatic imine (C=N–C) groups is 1. The SMILES string of the molecule is COC(=O)CC1=CC(SC(C)C(=O)Nc2ccc(Cl)cc2)=Nc2ccccc2N1. The molecule has 2 aromatic rings. The molecule has 0 spiro atoms. The number of para-hydroxylation sites is 2. The number of hydrogen-bond donors (Lipinski definition) is 2. The number of carbonyl (C=O) groups excluding carboxylic acids is 2. The first-order valence-electron chi connectivity index (χ1n) is 8.90. The molecule has 0 saturated carbocycles. The molecule has 0 fully saturated rings. The van der Waals surface area contributed by atoms with Gasteiger partial charge >= 0.3 is 5.97 Å². The summed E-state index contributed by atoms with van der Waals surface area (Å²) in [5.74, 6) is -0.519. The molecule has 150 valence electrons. The van der Waals surface area contributed by atoms with Crippen molar-refractivity contribution in [2.75, 3.05) is 17.7 Å².